The topological polar surface area (TPSA) is 132 Å². The predicted octanol–water partition coefficient (Wildman–Crippen LogP) is 3.19. The van der Waals surface area contributed by atoms with Crippen LogP contribution in [-0.2, 0) is 16.0 Å². The Balaban J connectivity index is 1.34. The van der Waals surface area contributed by atoms with Gasteiger partial charge in [0.05, 0.1) is 36.0 Å². The lowest BCUT2D eigenvalue weighted by atomic mass is 10.0. The minimum atomic E-state index is -0.506. The van der Waals surface area contributed by atoms with Crippen LogP contribution in [0.4, 0.5) is 15.9 Å². The summed E-state index contributed by atoms with van der Waals surface area (Å²) in [6.45, 7) is 3.26. The number of nitrogens with one attached hydrogen (secondary N) is 2. The second kappa shape index (κ2) is 10.0. The number of urea groups is 1. The van der Waals surface area contributed by atoms with Gasteiger partial charge in [0.15, 0.2) is 10.9 Å². The monoisotopic (exact) mass is 498 g/mol. The standard InChI is InChI=1S/C23H26N6O5S/c1-13-20-17(27-22(35-20)28-21(31)25-14-6-8-33-9-7-14)10-15(12-30)29(13)23-24-11-18(34-23)16-4-3-5-19(26-16)32-2/h3-5,11-15H,6-10H2,1-2H3,(H2,25,27,28,31)/t13-,15-/m0/s1. The number of carbonyl (C=O) groups excluding carboxylic acids is 2. The highest BCUT2D eigenvalue weighted by molar-refractivity contribution is 7.16. The highest BCUT2D eigenvalue weighted by Crippen LogP contribution is 2.41. The molecule has 0 radical (unpaired) electrons. The van der Waals surface area contributed by atoms with Crippen LogP contribution in [0.3, 0.4) is 0 Å². The number of anilines is 2. The van der Waals surface area contributed by atoms with Crippen molar-refractivity contribution in [3.63, 3.8) is 0 Å². The van der Waals surface area contributed by atoms with Crippen molar-refractivity contribution in [3.05, 3.63) is 35.0 Å². The molecule has 2 amide bonds. The molecule has 184 valence electrons. The van der Waals surface area contributed by atoms with Gasteiger partial charge in [0.25, 0.3) is 6.01 Å². The summed E-state index contributed by atoms with van der Waals surface area (Å²) in [6.07, 6.45) is 4.42. The Labute approximate surface area is 205 Å². The summed E-state index contributed by atoms with van der Waals surface area (Å²) in [4.78, 5) is 40.7. The number of nitrogens with zero attached hydrogens (tertiary/aromatic N) is 4. The molecule has 3 aromatic rings. The zero-order chi connectivity index (χ0) is 24.4. The van der Waals surface area contributed by atoms with Crippen LogP contribution < -0.4 is 20.3 Å². The van der Waals surface area contributed by atoms with Crippen molar-refractivity contribution in [3.8, 4) is 17.3 Å². The van der Waals surface area contributed by atoms with Crippen LogP contribution in [0.25, 0.3) is 11.5 Å². The largest absolute Gasteiger partial charge is 0.481 e. The van der Waals surface area contributed by atoms with Crippen LogP contribution in [0.2, 0.25) is 0 Å². The number of ether oxygens (including phenoxy) is 2. The summed E-state index contributed by atoms with van der Waals surface area (Å²) in [5.74, 6) is 0.936. The highest BCUT2D eigenvalue weighted by atomic mass is 32.1. The molecule has 0 saturated carbocycles. The summed E-state index contributed by atoms with van der Waals surface area (Å²) < 4.78 is 16.5. The van der Waals surface area contributed by atoms with Crippen molar-refractivity contribution < 1.29 is 23.5 Å². The fourth-order valence-corrected chi connectivity index (χ4v) is 5.39. The first-order valence-corrected chi connectivity index (χ1v) is 12.2. The number of aromatic nitrogens is 3. The summed E-state index contributed by atoms with van der Waals surface area (Å²) >= 11 is 1.39. The van der Waals surface area contributed by atoms with E-state index in [2.05, 4.69) is 25.6 Å². The molecule has 5 rings (SSSR count). The first kappa shape index (κ1) is 23.2. The number of hydrogen-bond donors (Lipinski definition) is 2. The van der Waals surface area contributed by atoms with E-state index in [1.54, 1.807) is 25.4 Å². The van der Waals surface area contributed by atoms with E-state index >= 15 is 0 Å². The summed E-state index contributed by atoms with van der Waals surface area (Å²) in [6, 6.07) is 4.74. The Hall–Kier alpha value is -3.51. The summed E-state index contributed by atoms with van der Waals surface area (Å²) in [5, 5.41) is 6.30. The molecule has 1 fully saturated rings. The molecule has 0 bridgehead atoms. The van der Waals surface area contributed by atoms with Gasteiger partial charge in [-0.15, -0.1) is 0 Å². The van der Waals surface area contributed by atoms with Gasteiger partial charge in [0.2, 0.25) is 5.88 Å². The van der Waals surface area contributed by atoms with E-state index in [4.69, 9.17) is 13.9 Å². The van der Waals surface area contributed by atoms with E-state index in [1.807, 2.05) is 17.9 Å². The lowest BCUT2D eigenvalue weighted by molar-refractivity contribution is -0.109. The number of aldehydes is 1. The minimum Gasteiger partial charge on any atom is -0.481 e. The predicted molar refractivity (Wildman–Crippen MR) is 129 cm³/mol. The van der Waals surface area contributed by atoms with Crippen LogP contribution in [0.1, 0.15) is 36.4 Å². The lowest BCUT2D eigenvalue weighted by Crippen LogP contribution is -2.43. The molecule has 2 N–H and O–H groups in total. The SMILES string of the molecule is COc1cccc(-c2cnc(N3[C@H](C=O)Cc4nc(NC(=O)NC5CCOCC5)sc4[C@@H]3C)o2)n1. The van der Waals surface area contributed by atoms with Gasteiger partial charge in [0, 0.05) is 31.7 Å². The van der Waals surface area contributed by atoms with Gasteiger partial charge in [-0.2, -0.15) is 0 Å². The molecule has 0 aromatic carbocycles. The number of thiazole rings is 1. The third kappa shape index (κ3) is 4.84. The maximum absolute atomic E-state index is 12.5. The number of oxazole rings is 1. The van der Waals surface area contributed by atoms with Gasteiger partial charge in [-0.05, 0) is 25.8 Å². The lowest BCUT2D eigenvalue weighted by Gasteiger charge is -2.35. The average Bonchev–Trinajstić information content (AvgIpc) is 3.52. The zero-order valence-corrected chi connectivity index (χ0v) is 20.2. The first-order chi connectivity index (χ1) is 17.1. The number of amides is 2. The van der Waals surface area contributed by atoms with Gasteiger partial charge in [0.1, 0.15) is 12.0 Å². The number of hydrogen-bond acceptors (Lipinski definition) is 10. The molecule has 12 heteroatoms. The summed E-state index contributed by atoms with van der Waals surface area (Å²) in [5.41, 5.74) is 1.37. The molecule has 2 atom stereocenters. The first-order valence-electron chi connectivity index (χ1n) is 11.4. The van der Waals surface area contributed by atoms with E-state index in [0.29, 0.717) is 48.1 Å². The molecule has 11 nitrogen and oxygen atoms in total. The minimum absolute atomic E-state index is 0.0884. The molecule has 3 aromatic heterocycles. The Morgan fingerprint density at radius 3 is 2.89 bits per heavy atom. The van der Waals surface area contributed by atoms with Crippen molar-refractivity contribution in [1.82, 2.24) is 20.3 Å². The van der Waals surface area contributed by atoms with Gasteiger partial charge < -0.3 is 28.9 Å². The van der Waals surface area contributed by atoms with Gasteiger partial charge in [-0.1, -0.05) is 17.4 Å². The maximum atomic E-state index is 12.5. The highest BCUT2D eigenvalue weighted by Gasteiger charge is 2.37. The van der Waals surface area contributed by atoms with Crippen LogP contribution in [0.5, 0.6) is 5.88 Å². The third-order valence-corrected chi connectivity index (χ3v) is 7.30. The van der Waals surface area contributed by atoms with Crippen molar-refractivity contribution in [2.45, 2.75) is 44.3 Å². The molecule has 2 aliphatic rings. The molecule has 2 aliphatic heterocycles. The van der Waals surface area contributed by atoms with E-state index in [1.165, 1.54) is 11.3 Å². The van der Waals surface area contributed by atoms with Crippen LogP contribution in [0, 0.1) is 0 Å². The number of carbonyl (C=O) groups is 2. The van der Waals surface area contributed by atoms with Crippen molar-refractivity contribution in [2.75, 3.05) is 30.5 Å². The Morgan fingerprint density at radius 1 is 1.29 bits per heavy atom. The Bertz CT molecular complexity index is 1210. The molecular formula is C23H26N6O5S. The van der Waals surface area contributed by atoms with Gasteiger partial charge >= 0.3 is 6.03 Å². The molecule has 1 saturated heterocycles. The summed E-state index contributed by atoms with van der Waals surface area (Å²) in [7, 11) is 1.55. The van der Waals surface area contributed by atoms with E-state index < -0.39 is 6.04 Å². The van der Waals surface area contributed by atoms with Crippen molar-refractivity contribution >= 4 is 34.8 Å². The van der Waals surface area contributed by atoms with Crippen LogP contribution >= 0.6 is 11.3 Å². The molecule has 0 unspecified atom stereocenters. The van der Waals surface area contributed by atoms with E-state index in [-0.39, 0.29) is 18.1 Å². The second-order valence-corrected chi connectivity index (χ2v) is 9.41. The number of methoxy groups -OCH3 is 1. The molecule has 35 heavy (non-hydrogen) atoms. The molecular weight excluding hydrogens is 472 g/mol. The zero-order valence-electron chi connectivity index (χ0n) is 19.4. The fraction of sp³-hybridized carbons (Fsp3) is 0.435. The Morgan fingerprint density at radius 2 is 2.11 bits per heavy atom. The average molecular weight is 499 g/mol. The maximum Gasteiger partial charge on any atom is 0.321 e. The van der Waals surface area contributed by atoms with Crippen LogP contribution in [0.15, 0.2) is 28.8 Å². The smallest absolute Gasteiger partial charge is 0.321 e. The van der Waals surface area contributed by atoms with Gasteiger partial charge in [-0.25, -0.2) is 19.7 Å². The Kier molecular flexibility index (Phi) is 6.64. The van der Waals surface area contributed by atoms with Crippen molar-refractivity contribution in [2.24, 2.45) is 0 Å². The van der Waals surface area contributed by atoms with Crippen LogP contribution in [-0.4, -0.2) is 59.7 Å². The second-order valence-electron chi connectivity index (χ2n) is 8.38. The number of rotatable bonds is 6. The van der Waals surface area contributed by atoms with Crippen molar-refractivity contribution in [1.29, 1.82) is 0 Å². The fourth-order valence-electron chi connectivity index (χ4n) is 4.35. The molecule has 0 spiro atoms. The quantitative estimate of drug-likeness (QED) is 0.492. The van der Waals surface area contributed by atoms with Gasteiger partial charge in [-0.3, -0.25) is 5.32 Å². The normalized spacial score (nSPS) is 20.2. The van der Waals surface area contributed by atoms with E-state index in [0.717, 1.165) is 29.7 Å². The number of pyridine rings is 1. The number of fused-ring (bicyclic) bond motifs is 1. The molecule has 0 aliphatic carbocycles. The third-order valence-electron chi connectivity index (χ3n) is 6.12. The van der Waals surface area contributed by atoms with E-state index in [9.17, 15) is 9.59 Å². The molecule has 5 heterocycles.